The fourth-order valence-electron chi connectivity index (χ4n) is 2.15. The summed E-state index contributed by atoms with van der Waals surface area (Å²) in [5.41, 5.74) is -0.471. The van der Waals surface area contributed by atoms with Gasteiger partial charge in [-0.2, -0.15) is 0 Å². The number of amides is 2. The van der Waals surface area contributed by atoms with Crippen LogP contribution in [0.4, 0.5) is 4.79 Å². The van der Waals surface area contributed by atoms with E-state index in [1.54, 1.807) is 0 Å². The van der Waals surface area contributed by atoms with Crippen LogP contribution < -0.4 is 10.6 Å². The summed E-state index contributed by atoms with van der Waals surface area (Å²) in [5, 5.41) is 5.63. The predicted octanol–water partition coefficient (Wildman–Crippen LogP) is 2.35. The molecule has 0 aromatic rings. The molecule has 0 spiro atoms. The van der Waals surface area contributed by atoms with Crippen molar-refractivity contribution in [2.75, 3.05) is 6.54 Å². The fraction of sp³-hybridized carbons (Fsp3) is 0.857. The quantitative estimate of drug-likeness (QED) is 0.771. The Labute approximate surface area is 115 Å². The molecule has 0 aromatic heterocycles. The molecule has 2 N–H and O–H groups in total. The van der Waals surface area contributed by atoms with Crippen molar-refractivity contribution in [3.05, 3.63) is 0 Å². The van der Waals surface area contributed by atoms with Crippen molar-refractivity contribution in [2.45, 2.75) is 70.9 Å². The summed E-state index contributed by atoms with van der Waals surface area (Å²) in [5.74, 6) is -0.287. The molecule has 0 saturated heterocycles. The largest absolute Gasteiger partial charge is 0.460 e. The highest BCUT2D eigenvalue weighted by atomic mass is 16.6. The molecule has 110 valence electrons. The van der Waals surface area contributed by atoms with E-state index in [2.05, 4.69) is 10.6 Å². The highest BCUT2D eigenvalue weighted by molar-refractivity contribution is 5.75. The van der Waals surface area contributed by atoms with Crippen molar-refractivity contribution in [3.8, 4) is 0 Å². The molecule has 5 nitrogen and oxygen atoms in total. The Balaban J connectivity index is 2.11. The second-order valence-electron chi connectivity index (χ2n) is 6.07. The van der Waals surface area contributed by atoms with Crippen molar-refractivity contribution in [1.82, 2.24) is 10.6 Å². The molecule has 1 aliphatic rings. The Morgan fingerprint density at radius 2 is 1.79 bits per heavy atom. The Hall–Kier alpha value is -1.26. The molecule has 1 fully saturated rings. The minimum atomic E-state index is -0.471. The number of urea groups is 1. The molecule has 1 rings (SSSR count). The molecule has 1 aliphatic carbocycles. The third-order valence-electron chi connectivity index (χ3n) is 2.98. The van der Waals surface area contributed by atoms with Crippen LogP contribution in [-0.4, -0.2) is 30.2 Å². The van der Waals surface area contributed by atoms with Crippen molar-refractivity contribution in [3.63, 3.8) is 0 Å². The summed E-state index contributed by atoms with van der Waals surface area (Å²) in [6, 6.07) is 0.103. The summed E-state index contributed by atoms with van der Waals surface area (Å²) in [6.07, 6.45) is 5.94. The van der Waals surface area contributed by atoms with Crippen LogP contribution >= 0.6 is 0 Å². The van der Waals surface area contributed by atoms with Gasteiger partial charge in [0.1, 0.15) is 5.60 Å². The average molecular weight is 270 g/mol. The number of esters is 1. The van der Waals surface area contributed by atoms with Gasteiger partial charge in [-0.05, 0) is 33.6 Å². The van der Waals surface area contributed by atoms with Gasteiger partial charge in [0, 0.05) is 12.6 Å². The third-order valence-corrected chi connectivity index (χ3v) is 2.98. The zero-order chi connectivity index (χ0) is 14.3. The molecule has 0 unspecified atom stereocenters. The highest BCUT2D eigenvalue weighted by Gasteiger charge is 2.17. The number of ether oxygens (including phenoxy) is 1. The normalized spacial score (nSPS) is 16.8. The van der Waals surface area contributed by atoms with E-state index in [1.807, 2.05) is 20.8 Å². The molecular formula is C14H26N2O3. The van der Waals surface area contributed by atoms with Crippen LogP contribution in [0, 0.1) is 0 Å². The lowest BCUT2D eigenvalue weighted by Gasteiger charge is -2.23. The maximum Gasteiger partial charge on any atom is 0.315 e. The number of hydrogen-bond donors (Lipinski definition) is 2. The first-order chi connectivity index (χ1) is 8.87. The van der Waals surface area contributed by atoms with Crippen LogP contribution in [0.5, 0.6) is 0 Å². The predicted molar refractivity (Wildman–Crippen MR) is 73.9 cm³/mol. The van der Waals surface area contributed by atoms with Gasteiger partial charge in [0.05, 0.1) is 6.42 Å². The molecule has 0 aliphatic heterocycles. The first kappa shape index (κ1) is 15.8. The summed E-state index contributed by atoms with van der Waals surface area (Å²) in [6.45, 7) is 5.80. The van der Waals surface area contributed by atoms with Crippen LogP contribution in [0.1, 0.15) is 59.3 Å². The van der Waals surface area contributed by atoms with Gasteiger partial charge < -0.3 is 15.4 Å². The Morgan fingerprint density at radius 3 is 2.37 bits per heavy atom. The lowest BCUT2D eigenvalue weighted by atomic mass is 9.96. The van der Waals surface area contributed by atoms with Crippen LogP contribution in [0.2, 0.25) is 0 Å². The lowest BCUT2D eigenvalue weighted by Crippen LogP contribution is -2.43. The summed E-state index contributed by atoms with van der Waals surface area (Å²) >= 11 is 0. The number of rotatable bonds is 4. The second-order valence-corrected chi connectivity index (χ2v) is 6.07. The molecule has 0 radical (unpaired) electrons. The van der Waals surface area contributed by atoms with E-state index in [0.29, 0.717) is 6.54 Å². The Morgan fingerprint density at radius 1 is 1.16 bits per heavy atom. The maximum absolute atomic E-state index is 11.6. The monoisotopic (exact) mass is 270 g/mol. The summed E-state index contributed by atoms with van der Waals surface area (Å²) < 4.78 is 5.16. The van der Waals surface area contributed by atoms with E-state index < -0.39 is 5.60 Å². The fourth-order valence-corrected chi connectivity index (χ4v) is 2.15. The van der Waals surface area contributed by atoms with Gasteiger partial charge >= 0.3 is 12.0 Å². The lowest BCUT2D eigenvalue weighted by molar-refractivity contribution is -0.154. The van der Waals surface area contributed by atoms with Gasteiger partial charge in [-0.25, -0.2) is 4.79 Å². The zero-order valence-corrected chi connectivity index (χ0v) is 12.3. The standard InChI is InChI=1S/C14H26N2O3/c1-14(2,3)19-12(17)9-10-15-13(18)16-11-7-5-4-6-8-11/h11H,4-10H2,1-3H3,(H2,15,16,18). The van der Waals surface area contributed by atoms with E-state index in [9.17, 15) is 9.59 Å². The zero-order valence-electron chi connectivity index (χ0n) is 12.3. The molecule has 0 atom stereocenters. The van der Waals surface area contributed by atoms with Crippen molar-refractivity contribution >= 4 is 12.0 Å². The number of hydrogen-bond acceptors (Lipinski definition) is 3. The minimum Gasteiger partial charge on any atom is -0.460 e. The van der Waals surface area contributed by atoms with Crippen molar-refractivity contribution < 1.29 is 14.3 Å². The summed E-state index contributed by atoms with van der Waals surface area (Å²) in [7, 11) is 0. The van der Waals surface area contributed by atoms with Crippen molar-refractivity contribution in [2.24, 2.45) is 0 Å². The number of carbonyl (C=O) groups is 2. The Kier molecular flexibility index (Phi) is 6.12. The average Bonchev–Trinajstić information content (AvgIpc) is 2.27. The van der Waals surface area contributed by atoms with E-state index >= 15 is 0 Å². The van der Waals surface area contributed by atoms with Crippen LogP contribution in [0.15, 0.2) is 0 Å². The van der Waals surface area contributed by atoms with Gasteiger partial charge in [0.15, 0.2) is 0 Å². The second kappa shape index (κ2) is 7.36. The number of carbonyl (C=O) groups excluding carboxylic acids is 2. The van der Waals surface area contributed by atoms with Crippen LogP contribution in [0.25, 0.3) is 0 Å². The van der Waals surface area contributed by atoms with Gasteiger partial charge in [-0.3, -0.25) is 4.79 Å². The SMILES string of the molecule is CC(C)(C)OC(=O)CCNC(=O)NC1CCCCC1. The van der Waals surface area contributed by atoms with Crippen LogP contribution in [0.3, 0.4) is 0 Å². The highest BCUT2D eigenvalue weighted by Crippen LogP contribution is 2.17. The summed E-state index contributed by atoms with van der Waals surface area (Å²) in [4.78, 5) is 23.0. The molecule has 1 saturated carbocycles. The van der Waals surface area contributed by atoms with Crippen molar-refractivity contribution in [1.29, 1.82) is 0 Å². The molecule has 5 heteroatoms. The van der Waals surface area contributed by atoms with Gasteiger partial charge in [0.25, 0.3) is 0 Å². The first-order valence-corrected chi connectivity index (χ1v) is 7.13. The topological polar surface area (TPSA) is 67.4 Å². The number of nitrogens with one attached hydrogen (secondary N) is 2. The molecule has 2 amide bonds. The molecule has 19 heavy (non-hydrogen) atoms. The molecular weight excluding hydrogens is 244 g/mol. The van der Waals surface area contributed by atoms with E-state index in [-0.39, 0.29) is 24.5 Å². The van der Waals surface area contributed by atoms with E-state index in [0.717, 1.165) is 12.8 Å². The molecule has 0 bridgehead atoms. The van der Waals surface area contributed by atoms with Gasteiger partial charge in [-0.15, -0.1) is 0 Å². The maximum atomic E-state index is 11.6. The smallest absolute Gasteiger partial charge is 0.315 e. The first-order valence-electron chi connectivity index (χ1n) is 7.13. The minimum absolute atomic E-state index is 0.185. The van der Waals surface area contributed by atoms with E-state index in [1.165, 1.54) is 19.3 Å². The van der Waals surface area contributed by atoms with Crippen LogP contribution in [-0.2, 0) is 9.53 Å². The Bertz CT molecular complexity index is 304. The van der Waals surface area contributed by atoms with Gasteiger partial charge in [0.2, 0.25) is 0 Å². The molecule has 0 aromatic carbocycles. The van der Waals surface area contributed by atoms with E-state index in [4.69, 9.17) is 4.74 Å². The van der Waals surface area contributed by atoms with Gasteiger partial charge in [-0.1, -0.05) is 19.3 Å². The third kappa shape index (κ3) is 7.70. The molecule has 0 heterocycles.